The van der Waals surface area contributed by atoms with E-state index in [1.165, 1.54) is 6.08 Å². The average molecular weight is 314 g/mol. The minimum absolute atomic E-state index is 0.0500. The number of hydrogen-bond donors (Lipinski definition) is 0. The number of halogens is 1. The van der Waals surface area contributed by atoms with Crippen molar-refractivity contribution >= 4 is 12.1 Å². The van der Waals surface area contributed by atoms with Crippen LogP contribution in [-0.2, 0) is 9.53 Å². The number of rotatable bonds is 2. The Morgan fingerprint density at radius 3 is 3.13 bits per heavy atom. The molecule has 4 aliphatic rings. The maximum atomic E-state index is 13.1. The van der Waals surface area contributed by atoms with Crippen LogP contribution in [0.15, 0.2) is 52.0 Å². The number of dihydropyridines is 1. The maximum absolute atomic E-state index is 13.1. The number of nitrogens with zero attached hydrogens (tertiary/aromatic N) is 2. The second kappa shape index (κ2) is 5.48. The number of carbonyl (C=O) groups is 1. The van der Waals surface area contributed by atoms with Gasteiger partial charge < -0.3 is 9.64 Å². The topological polar surface area (TPSA) is 41.9 Å². The molecule has 0 N–H and O–H groups in total. The number of aliphatic imine (C=N–C) groups is 1. The smallest absolute Gasteiger partial charge is 0.250 e. The molecule has 0 radical (unpaired) electrons. The fraction of sp³-hybridized carbons (Fsp3) is 0.444. The highest BCUT2D eigenvalue weighted by Crippen LogP contribution is 2.35. The third kappa shape index (κ3) is 2.44. The Bertz CT molecular complexity index is 702. The number of carbonyl (C=O) groups excluding carboxylic acids is 1. The fourth-order valence-corrected chi connectivity index (χ4v) is 3.70. The van der Waals surface area contributed by atoms with Crippen molar-refractivity contribution in [3.8, 4) is 0 Å². The highest BCUT2D eigenvalue weighted by atomic mass is 19.1. The molecule has 0 bridgehead atoms. The zero-order valence-corrected chi connectivity index (χ0v) is 13.0. The molecule has 3 heterocycles. The molecular formula is C18H19FN2O2. The van der Waals surface area contributed by atoms with E-state index in [1.807, 2.05) is 30.2 Å². The van der Waals surface area contributed by atoms with Gasteiger partial charge in [0.2, 0.25) is 5.91 Å². The molecule has 120 valence electrons. The standard InChI is InChI=1S/C18H19FN2O2/c1-11-8-15-16-17(23-7-6-21(16)18(11)22)13(10-20-15)9-12-2-4-14(19)5-3-12/h2,4-5,8,10,12,15-16H,3,6-7,9H2,1H3. The summed E-state index contributed by atoms with van der Waals surface area (Å²) in [5.41, 5.74) is 1.78. The monoisotopic (exact) mass is 314 g/mol. The van der Waals surface area contributed by atoms with Gasteiger partial charge in [0, 0.05) is 17.4 Å². The number of allylic oxidation sites excluding steroid dienone is 5. The first-order valence-electron chi connectivity index (χ1n) is 8.06. The van der Waals surface area contributed by atoms with Crippen molar-refractivity contribution in [2.45, 2.75) is 31.8 Å². The van der Waals surface area contributed by atoms with Gasteiger partial charge in [0.05, 0.1) is 12.6 Å². The summed E-state index contributed by atoms with van der Waals surface area (Å²) < 4.78 is 19.0. The molecular weight excluding hydrogens is 295 g/mol. The molecule has 3 aliphatic heterocycles. The van der Waals surface area contributed by atoms with Crippen molar-refractivity contribution in [3.63, 3.8) is 0 Å². The van der Waals surface area contributed by atoms with Gasteiger partial charge >= 0.3 is 0 Å². The van der Waals surface area contributed by atoms with Crippen molar-refractivity contribution in [1.29, 1.82) is 0 Å². The minimum Gasteiger partial charge on any atom is -0.493 e. The van der Waals surface area contributed by atoms with Crippen molar-refractivity contribution in [2.24, 2.45) is 10.9 Å². The van der Waals surface area contributed by atoms with Crippen LogP contribution in [0.4, 0.5) is 4.39 Å². The van der Waals surface area contributed by atoms with Gasteiger partial charge in [-0.05, 0) is 43.9 Å². The molecule has 1 fully saturated rings. The third-order valence-electron chi connectivity index (χ3n) is 4.88. The van der Waals surface area contributed by atoms with Gasteiger partial charge in [0.25, 0.3) is 0 Å². The van der Waals surface area contributed by atoms with Crippen LogP contribution in [0.5, 0.6) is 0 Å². The fourth-order valence-electron chi connectivity index (χ4n) is 3.70. The van der Waals surface area contributed by atoms with Gasteiger partial charge in [-0.15, -0.1) is 0 Å². The van der Waals surface area contributed by atoms with E-state index < -0.39 is 0 Å². The summed E-state index contributed by atoms with van der Waals surface area (Å²) in [6.45, 7) is 2.97. The first-order valence-corrected chi connectivity index (χ1v) is 8.06. The predicted octanol–water partition coefficient (Wildman–Crippen LogP) is 2.70. The summed E-state index contributed by atoms with van der Waals surface area (Å²) in [5, 5.41) is 0. The Morgan fingerprint density at radius 1 is 1.48 bits per heavy atom. The number of ether oxygens (including phenoxy) is 1. The van der Waals surface area contributed by atoms with Crippen molar-refractivity contribution in [3.05, 3.63) is 47.0 Å². The number of amides is 1. The first kappa shape index (κ1) is 14.4. The number of morpholine rings is 1. The molecule has 3 unspecified atom stereocenters. The average Bonchev–Trinajstić information content (AvgIpc) is 2.56. The van der Waals surface area contributed by atoms with Crippen molar-refractivity contribution in [1.82, 2.24) is 4.90 Å². The van der Waals surface area contributed by atoms with Gasteiger partial charge in [-0.2, -0.15) is 0 Å². The van der Waals surface area contributed by atoms with Crippen LogP contribution in [0, 0.1) is 5.92 Å². The van der Waals surface area contributed by atoms with E-state index in [0.717, 1.165) is 23.3 Å². The molecule has 4 rings (SSSR count). The van der Waals surface area contributed by atoms with Crippen LogP contribution in [0.1, 0.15) is 19.8 Å². The second-order valence-electron chi connectivity index (χ2n) is 6.45. The quantitative estimate of drug-likeness (QED) is 0.786. The lowest BCUT2D eigenvalue weighted by atomic mass is 9.86. The molecule has 4 nitrogen and oxygen atoms in total. The summed E-state index contributed by atoms with van der Waals surface area (Å²) >= 11 is 0. The Morgan fingerprint density at radius 2 is 2.35 bits per heavy atom. The molecule has 1 amide bonds. The summed E-state index contributed by atoms with van der Waals surface area (Å²) in [7, 11) is 0. The van der Waals surface area contributed by atoms with Gasteiger partial charge in [0.15, 0.2) is 0 Å². The van der Waals surface area contributed by atoms with Crippen LogP contribution in [-0.4, -0.2) is 42.3 Å². The van der Waals surface area contributed by atoms with E-state index >= 15 is 0 Å². The van der Waals surface area contributed by atoms with Gasteiger partial charge in [-0.1, -0.05) is 6.08 Å². The summed E-state index contributed by atoms with van der Waals surface area (Å²) in [4.78, 5) is 18.9. The lowest BCUT2D eigenvalue weighted by molar-refractivity contribution is -0.133. The summed E-state index contributed by atoms with van der Waals surface area (Å²) in [6, 6.07) is -0.161. The highest BCUT2D eigenvalue weighted by molar-refractivity contribution is 5.95. The van der Waals surface area contributed by atoms with Crippen LogP contribution < -0.4 is 0 Å². The zero-order chi connectivity index (χ0) is 16.0. The van der Waals surface area contributed by atoms with Crippen LogP contribution in [0.2, 0.25) is 0 Å². The molecule has 5 heteroatoms. The molecule has 23 heavy (non-hydrogen) atoms. The van der Waals surface area contributed by atoms with Crippen molar-refractivity contribution < 1.29 is 13.9 Å². The van der Waals surface area contributed by atoms with E-state index in [4.69, 9.17) is 4.74 Å². The molecule has 3 atom stereocenters. The number of hydrogen-bond acceptors (Lipinski definition) is 3. The zero-order valence-electron chi connectivity index (χ0n) is 13.0. The predicted molar refractivity (Wildman–Crippen MR) is 85.6 cm³/mol. The largest absolute Gasteiger partial charge is 0.493 e. The summed E-state index contributed by atoms with van der Waals surface area (Å²) in [6.07, 6.45) is 10.3. The van der Waals surface area contributed by atoms with Crippen LogP contribution in [0.25, 0.3) is 0 Å². The molecule has 0 spiro atoms. The van der Waals surface area contributed by atoms with E-state index in [1.54, 1.807) is 6.08 Å². The van der Waals surface area contributed by atoms with E-state index in [-0.39, 0.29) is 29.7 Å². The second-order valence-corrected chi connectivity index (χ2v) is 6.45. The minimum atomic E-state index is -0.171. The maximum Gasteiger partial charge on any atom is 0.250 e. The first-order chi connectivity index (χ1) is 11.1. The lowest BCUT2D eigenvalue weighted by Gasteiger charge is -2.44. The van der Waals surface area contributed by atoms with E-state index in [9.17, 15) is 9.18 Å². The Hall–Kier alpha value is -2.17. The normalized spacial score (nSPS) is 32.3. The summed E-state index contributed by atoms with van der Waals surface area (Å²) in [5.74, 6) is 1.02. The van der Waals surface area contributed by atoms with E-state index in [2.05, 4.69) is 4.99 Å². The molecule has 0 aromatic rings. The third-order valence-corrected chi connectivity index (χ3v) is 4.88. The molecule has 0 aromatic heterocycles. The van der Waals surface area contributed by atoms with Crippen molar-refractivity contribution in [2.75, 3.05) is 13.2 Å². The Kier molecular flexibility index (Phi) is 3.43. The van der Waals surface area contributed by atoms with Gasteiger partial charge in [-0.3, -0.25) is 9.79 Å². The van der Waals surface area contributed by atoms with Gasteiger partial charge in [-0.25, -0.2) is 4.39 Å². The molecule has 1 saturated heterocycles. The van der Waals surface area contributed by atoms with Crippen LogP contribution >= 0.6 is 0 Å². The molecule has 0 aromatic carbocycles. The SMILES string of the molecule is CC1=CC2N=CC(CC3C=CC(F)=CC3)=C3OCCN(C1=O)C32. The molecule has 1 aliphatic carbocycles. The van der Waals surface area contributed by atoms with Gasteiger partial charge in [0.1, 0.15) is 24.2 Å². The lowest BCUT2D eigenvalue weighted by Crippen LogP contribution is -2.56. The van der Waals surface area contributed by atoms with E-state index in [0.29, 0.717) is 19.6 Å². The Labute approximate surface area is 134 Å². The Balaban J connectivity index is 1.63. The molecule has 0 saturated carbocycles. The van der Waals surface area contributed by atoms with Crippen LogP contribution in [0.3, 0.4) is 0 Å². The highest BCUT2D eigenvalue weighted by Gasteiger charge is 2.43.